The fourth-order valence-electron chi connectivity index (χ4n) is 1.37. The van der Waals surface area contributed by atoms with Crippen LogP contribution in [0.15, 0.2) is 24.3 Å². The molecule has 0 radical (unpaired) electrons. The number of esters is 1. The molecule has 112 valence electrons. The zero-order chi connectivity index (χ0) is 15.4. The molecule has 20 heavy (non-hydrogen) atoms. The SMILES string of the molecule is CC(=O)Oc1ccccc1CCNS(=O)(=O)C(F)(F)F. The fourth-order valence-corrected chi connectivity index (χ4v) is 1.90. The van der Waals surface area contributed by atoms with Crippen molar-refractivity contribution >= 4 is 16.0 Å². The Labute approximate surface area is 113 Å². The van der Waals surface area contributed by atoms with Crippen molar-refractivity contribution in [1.29, 1.82) is 0 Å². The zero-order valence-electron chi connectivity index (χ0n) is 10.4. The van der Waals surface area contributed by atoms with E-state index in [9.17, 15) is 26.4 Å². The maximum Gasteiger partial charge on any atom is 0.511 e. The predicted molar refractivity (Wildman–Crippen MR) is 64.4 cm³/mol. The molecule has 0 saturated heterocycles. The molecule has 1 aromatic rings. The van der Waals surface area contributed by atoms with E-state index in [1.165, 1.54) is 23.8 Å². The summed E-state index contributed by atoms with van der Waals surface area (Å²) in [6, 6.07) is 6.18. The number of halogens is 3. The number of ether oxygens (including phenoxy) is 1. The number of benzene rings is 1. The van der Waals surface area contributed by atoms with E-state index in [1.807, 2.05) is 0 Å². The summed E-state index contributed by atoms with van der Waals surface area (Å²) in [5.74, 6) is -0.389. The van der Waals surface area contributed by atoms with E-state index in [2.05, 4.69) is 0 Å². The molecule has 0 fully saturated rings. The number of nitrogens with one attached hydrogen (secondary N) is 1. The molecule has 9 heteroatoms. The first-order valence-corrected chi connectivity index (χ1v) is 6.94. The Bertz CT molecular complexity index is 584. The summed E-state index contributed by atoms with van der Waals surface area (Å²) in [5.41, 5.74) is -4.92. The second kappa shape index (κ2) is 6.23. The Kier molecular flexibility index (Phi) is 5.12. The van der Waals surface area contributed by atoms with Crippen LogP contribution in [0.25, 0.3) is 0 Å². The highest BCUT2D eigenvalue weighted by molar-refractivity contribution is 7.90. The van der Waals surface area contributed by atoms with Crippen molar-refractivity contribution in [3.8, 4) is 5.75 Å². The van der Waals surface area contributed by atoms with Gasteiger partial charge in [0.1, 0.15) is 5.75 Å². The smallest absolute Gasteiger partial charge is 0.426 e. The maximum atomic E-state index is 12.1. The average molecular weight is 311 g/mol. The molecule has 0 aliphatic heterocycles. The lowest BCUT2D eigenvalue weighted by atomic mass is 10.1. The first-order chi connectivity index (χ1) is 9.13. The minimum Gasteiger partial charge on any atom is -0.426 e. The van der Waals surface area contributed by atoms with Gasteiger partial charge in [0, 0.05) is 13.5 Å². The minimum absolute atomic E-state index is 0.0429. The number of hydrogen-bond acceptors (Lipinski definition) is 4. The molecule has 0 unspecified atom stereocenters. The Morgan fingerprint density at radius 1 is 1.30 bits per heavy atom. The van der Waals surface area contributed by atoms with E-state index in [0.717, 1.165) is 0 Å². The Hall–Kier alpha value is -1.61. The zero-order valence-corrected chi connectivity index (χ0v) is 11.2. The number of alkyl halides is 3. The number of carbonyl (C=O) groups is 1. The van der Waals surface area contributed by atoms with Crippen molar-refractivity contribution in [2.75, 3.05) is 6.54 Å². The summed E-state index contributed by atoms with van der Waals surface area (Å²) in [6.07, 6.45) is -0.0429. The molecule has 0 bridgehead atoms. The van der Waals surface area contributed by atoms with Gasteiger partial charge in [-0.3, -0.25) is 4.79 Å². The Morgan fingerprint density at radius 2 is 1.90 bits per heavy atom. The van der Waals surface area contributed by atoms with E-state index in [1.54, 1.807) is 12.1 Å². The van der Waals surface area contributed by atoms with Gasteiger partial charge in [-0.05, 0) is 18.1 Å². The van der Waals surface area contributed by atoms with Crippen molar-refractivity contribution in [2.45, 2.75) is 18.9 Å². The summed E-state index contributed by atoms with van der Waals surface area (Å²) >= 11 is 0. The van der Waals surface area contributed by atoms with Gasteiger partial charge in [0.25, 0.3) is 0 Å². The first kappa shape index (κ1) is 16.4. The molecule has 0 atom stereocenters. The number of hydrogen-bond donors (Lipinski definition) is 1. The molecular weight excluding hydrogens is 299 g/mol. The molecule has 1 N–H and O–H groups in total. The van der Waals surface area contributed by atoms with Gasteiger partial charge in [0.15, 0.2) is 0 Å². The van der Waals surface area contributed by atoms with Gasteiger partial charge < -0.3 is 4.74 Å². The van der Waals surface area contributed by atoms with Crippen LogP contribution in [0.4, 0.5) is 13.2 Å². The first-order valence-electron chi connectivity index (χ1n) is 5.46. The van der Waals surface area contributed by atoms with Crippen LogP contribution in [0.1, 0.15) is 12.5 Å². The monoisotopic (exact) mass is 311 g/mol. The van der Waals surface area contributed by atoms with Crippen LogP contribution in [0.2, 0.25) is 0 Å². The lowest BCUT2D eigenvalue weighted by Gasteiger charge is -2.11. The highest BCUT2D eigenvalue weighted by Gasteiger charge is 2.45. The molecule has 5 nitrogen and oxygen atoms in total. The predicted octanol–water partition coefficient (Wildman–Crippen LogP) is 1.59. The van der Waals surface area contributed by atoms with Gasteiger partial charge in [-0.1, -0.05) is 18.2 Å². The topological polar surface area (TPSA) is 72.5 Å². The Balaban J connectivity index is 2.70. The number of carbonyl (C=O) groups excluding carboxylic acids is 1. The normalized spacial score (nSPS) is 12.2. The number of para-hydroxylation sites is 1. The molecule has 0 heterocycles. The van der Waals surface area contributed by atoms with Gasteiger partial charge in [0.05, 0.1) is 0 Å². The van der Waals surface area contributed by atoms with E-state index >= 15 is 0 Å². The molecule has 1 aromatic carbocycles. The van der Waals surface area contributed by atoms with Crippen LogP contribution >= 0.6 is 0 Å². The van der Waals surface area contributed by atoms with E-state index < -0.39 is 28.0 Å². The maximum absolute atomic E-state index is 12.1. The summed E-state index contributed by atoms with van der Waals surface area (Å²) < 4.78 is 64.1. The summed E-state index contributed by atoms with van der Waals surface area (Å²) in [5, 5.41) is 0. The van der Waals surface area contributed by atoms with Crippen LogP contribution in [-0.2, 0) is 21.2 Å². The second-order valence-corrected chi connectivity index (χ2v) is 5.55. The quantitative estimate of drug-likeness (QED) is 0.662. The van der Waals surface area contributed by atoms with Crippen molar-refractivity contribution in [2.24, 2.45) is 0 Å². The van der Waals surface area contributed by atoms with Gasteiger partial charge in [-0.15, -0.1) is 0 Å². The third kappa shape index (κ3) is 4.49. The summed E-state index contributed by atoms with van der Waals surface area (Å²) in [6.45, 7) is 0.725. The van der Waals surface area contributed by atoms with E-state index in [0.29, 0.717) is 5.56 Å². The minimum atomic E-state index is -5.36. The van der Waals surface area contributed by atoms with Crippen molar-refractivity contribution in [3.63, 3.8) is 0 Å². The van der Waals surface area contributed by atoms with Crippen LogP contribution in [0.3, 0.4) is 0 Å². The largest absolute Gasteiger partial charge is 0.511 e. The lowest BCUT2D eigenvalue weighted by molar-refractivity contribution is -0.131. The lowest BCUT2D eigenvalue weighted by Crippen LogP contribution is -2.37. The van der Waals surface area contributed by atoms with Gasteiger partial charge in [-0.25, -0.2) is 13.1 Å². The highest BCUT2D eigenvalue weighted by Crippen LogP contribution is 2.22. The average Bonchev–Trinajstić information content (AvgIpc) is 2.29. The van der Waals surface area contributed by atoms with Gasteiger partial charge in [0.2, 0.25) is 0 Å². The van der Waals surface area contributed by atoms with Crippen LogP contribution < -0.4 is 9.46 Å². The second-order valence-electron chi connectivity index (χ2n) is 3.79. The molecule has 0 amide bonds. The third-order valence-corrected chi connectivity index (χ3v) is 3.41. The molecule has 0 spiro atoms. The van der Waals surface area contributed by atoms with Gasteiger partial charge >= 0.3 is 21.5 Å². The number of sulfonamides is 1. The third-order valence-electron chi connectivity index (χ3n) is 2.22. The molecule has 0 aromatic heterocycles. The van der Waals surface area contributed by atoms with E-state index in [4.69, 9.17) is 4.74 Å². The van der Waals surface area contributed by atoms with Crippen LogP contribution in [-0.4, -0.2) is 26.4 Å². The van der Waals surface area contributed by atoms with Gasteiger partial charge in [-0.2, -0.15) is 13.2 Å². The Morgan fingerprint density at radius 3 is 2.45 bits per heavy atom. The number of rotatable bonds is 5. The van der Waals surface area contributed by atoms with Crippen LogP contribution in [0.5, 0.6) is 5.75 Å². The standard InChI is InChI=1S/C11H12F3NO4S/c1-8(16)19-10-5-3-2-4-9(10)6-7-15-20(17,18)11(12,13)14/h2-5,15H,6-7H2,1H3. The molecule has 0 aliphatic carbocycles. The van der Waals surface area contributed by atoms with Crippen molar-refractivity contribution in [3.05, 3.63) is 29.8 Å². The van der Waals surface area contributed by atoms with Crippen molar-refractivity contribution in [1.82, 2.24) is 4.72 Å². The summed E-state index contributed by atoms with van der Waals surface area (Å²) in [7, 11) is -5.36. The molecule has 0 aliphatic rings. The molecule has 0 saturated carbocycles. The molecular formula is C11H12F3NO4S. The highest BCUT2D eigenvalue weighted by atomic mass is 32.2. The molecule has 1 rings (SSSR count). The van der Waals surface area contributed by atoms with E-state index in [-0.39, 0.29) is 12.2 Å². The van der Waals surface area contributed by atoms with Crippen LogP contribution in [0, 0.1) is 0 Å². The van der Waals surface area contributed by atoms with Crippen molar-refractivity contribution < 1.29 is 31.1 Å². The fraction of sp³-hybridized carbons (Fsp3) is 0.364. The summed E-state index contributed by atoms with van der Waals surface area (Å²) in [4.78, 5) is 10.8.